The van der Waals surface area contributed by atoms with Crippen molar-refractivity contribution in [1.29, 1.82) is 0 Å². The molecule has 0 aliphatic carbocycles. The van der Waals surface area contributed by atoms with Gasteiger partial charge in [-0.1, -0.05) is 12.1 Å². The van der Waals surface area contributed by atoms with Crippen LogP contribution in [0, 0.1) is 0 Å². The molecule has 1 amide bonds. The minimum atomic E-state index is -0.540. The molecule has 144 valence electrons. The molecule has 7 nitrogen and oxygen atoms in total. The summed E-state index contributed by atoms with van der Waals surface area (Å²) >= 11 is 0. The lowest BCUT2D eigenvalue weighted by atomic mass is 10.1. The Balaban J connectivity index is 1.37. The van der Waals surface area contributed by atoms with E-state index in [1.165, 1.54) is 6.26 Å². The number of likely N-dealkylation sites (tertiary alicyclic amines) is 1. The molecule has 7 heteroatoms. The van der Waals surface area contributed by atoms with Crippen molar-refractivity contribution >= 4 is 11.6 Å². The van der Waals surface area contributed by atoms with Gasteiger partial charge in [0, 0.05) is 39.3 Å². The Bertz CT molecular complexity index is 771. The summed E-state index contributed by atoms with van der Waals surface area (Å²) in [6.45, 7) is 4.25. The van der Waals surface area contributed by atoms with Gasteiger partial charge in [-0.3, -0.25) is 9.69 Å². The molecule has 1 aromatic carbocycles. The maximum absolute atomic E-state index is 12.5. The fourth-order valence-corrected chi connectivity index (χ4v) is 4.04. The molecule has 0 radical (unpaired) electrons. The van der Waals surface area contributed by atoms with Crippen LogP contribution in [0.25, 0.3) is 0 Å². The minimum Gasteiger partial charge on any atom is -0.495 e. The standard InChI is InChI=1S/C20H25N3O4/c1-26-18-6-3-2-5-15(18)21-8-10-22(11-9-21)16-13-23(14-17(16)24)20(25)19-7-4-12-27-19/h2-7,12,16-17,24H,8-11,13-14H2,1H3/t16-,17-/m0/s1. The Morgan fingerprint density at radius 1 is 1.11 bits per heavy atom. The predicted octanol–water partition coefficient (Wildman–Crippen LogP) is 1.30. The third-order valence-electron chi connectivity index (χ3n) is 5.49. The van der Waals surface area contributed by atoms with Gasteiger partial charge in [0.25, 0.3) is 5.91 Å². The van der Waals surface area contributed by atoms with Gasteiger partial charge in [-0.15, -0.1) is 0 Å². The number of ether oxygens (including phenoxy) is 1. The lowest BCUT2D eigenvalue weighted by Crippen LogP contribution is -2.53. The van der Waals surface area contributed by atoms with Gasteiger partial charge in [-0.05, 0) is 24.3 Å². The van der Waals surface area contributed by atoms with E-state index < -0.39 is 6.10 Å². The summed E-state index contributed by atoms with van der Waals surface area (Å²) in [6.07, 6.45) is 0.954. The van der Waals surface area contributed by atoms with Crippen LogP contribution in [0.2, 0.25) is 0 Å². The normalized spacial score (nSPS) is 23.6. The molecule has 2 saturated heterocycles. The number of carbonyl (C=O) groups is 1. The molecular formula is C20H25N3O4. The van der Waals surface area contributed by atoms with Gasteiger partial charge in [0.2, 0.25) is 0 Å². The number of piperazine rings is 1. The molecule has 27 heavy (non-hydrogen) atoms. The van der Waals surface area contributed by atoms with E-state index >= 15 is 0 Å². The van der Waals surface area contributed by atoms with E-state index in [1.54, 1.807) is 24.1 Å². The molecule has 1 N–H and O–H groups in total. The van der Waals surface area contributed by atoms with Crippen molar-refractivity contribution in [2.75, 3.05) is 51.3 Å². The van der Waals surface area contributed by atoms with E-state index in [-0.39, 0.29) is 11.9 Å². The van der Waals surface area contributed by atoms with Crippen molar-refractivity contribution in [2.45, 2.75) is 12.1 Å². The van der Waals surface area contributed by atoms with Crippen LogP contribution in [0.3, 0.4) is 0 Å². The maximum Gasteiger partial charge on any atom is 0.289 e. The average Bonchev–Trinajstić information content (AvgIpc) is 3.37. The fraction of sp³-hybridized carbons (Fsp3) is 0.450. The monoisotopic (exact) mass is 371 g/mol. The quantitative estimate of drug-likeness (QED) is 0.874. The Morgan fingerprint density at radius 2 is 1.89 bits per heavy atom. The van der Waals surface area contributed by atoms with E-state index in [0.29, 0.717) is 18.8 Å². The van der Waals surface area contributed by atoms with Crippen LogP contribution in [0.15, 0.2) is 47.1 Å². The molecule has 0 spiro atoms. The Morgan fingerprint density at radius 3 is 2.59 bits per heavy atom. The number of aliphatic hydroxyl groups excluding tert-OH is 1. The van der Waals surface area contributed by atoms with Crippen molar-refractivity contribution < 1.29 is 19.1 Å². The first-order valence-electron chi connectivity index (χ1n) is 9.30. The number of furan rings is 1. The highest BCUT2D eigenvalue weighted by molar-refractivity contribution is 5.91. The molecule has 2 aliphatic rings. The highest BCUT2D eigenvalue weighted by atomic mass is 16.5. The van der Waals surface area contributed by atoms with Crippen LogP contribution in [0.1, 0.15) is 10.6 Å². The number of amides is 1. The Labute approximate surface area is 158 Å². The number of rotatable bonds is 4. The van der Waals surface area contributed by atoms with Crippen LogP contribution in [-0.4, -0.2) is 79.3 Å². The third kappa shape index (κ3) is 3.52. The van der Waals surface area contributed by atoms with Gasteiger partial charge in [0.1, 0.15) is 5.75 Å². The van der Waals surface area contributed by atoms with E-state index in [1.807, 2.05) is 18.2 Å². The number of methoxy groups -OCH3 is 1. The molecule has 0 saturated carbocycles. The fourth-order valence-electron chi connectivity index (χ4n) is 4.04. The number of nitrogens with zero attached hydrogens (tertiary/aromatic N) is 3. The topological polar surface area (TPSA) is 69.4 Å². The van der Waals surface area contributed by atoms with Crippen LogP contribution < -0.4 is 9.64 Å². The van der Waals surface area contributed by atoms with Crippen LogP contribution >= 0.6 is 0 Å². The summed E-state index contributed by atoms with van der Waals surface area (Å²) < 4.78 is 10.7. The number of aliphatic hydroxyl groups is 1. The number of hydrogen-bond acceptors (Lipinski definition) is 6. The molecule has 2 fully saturated rings. The van der Waals surface area contributed by atoms with E-state index in [9.17, 15) is 9.90 Å². The van der Waals surface area contributed by atoms with E-state index in [2.05, 4.69) is 15.9 Å². The van der Waals surface area contributed by atoms with Gasteiger partial charge in [0.05, 0.1) is 31.2 Å². The Hall–Kier alpha value is -2.51. The van der Waals surface area contributed by atoms with Crippen LogP contribution in [0.5, 0.6) is 5.75 Å². The zero-order chi connectivity index (χ0) is 18.8. The van der Waals surface area contributed by atoms with Crippen molar-refractivity contribution in [3.8, 4) is 5.75 Å². The number of hydrogen-bond donors (Lipinski definition) is 1. The van der Waals surface area contributed by atoms with Gasteiger partial charge in [0.15, 0.2) is 5.76 Å². The number of benzene rings is 1. The van der Waals surface area contributed by atoms with Gasteiger partial charge < -0.3 is 24.1 Å². The van der Waals surface area contributed by atoms with E-state index in [4.69, 9.17) is 9.15 Å². The minimum absolute atomic E-state index is 0.0382. The number of β-amino-alcohol motifs (C(OH)–C–C–N with tert-alkyl or cyclic N) is 1. The molecule has 0 bridgehead atoms. The molecule has 2 aliphatic heterocycles. The second-order valence-corrected chi connectivity index (χ2v) is 7.02. The molecule has 4 rings (SSSR count). The van der Waals surface area contributed by atoms with Crippen molar-refractivity contribution in [1.82, 2.24) is 9.80 Å². The molecule has 2 atom stereocenters. The highest BCUT2D eigenvalue weighted by Gasteiger charge is 2.39. The van der Waals surface area contributed by atoms with Crippen molar-refractivity contribution in [2.24, 2.45) is 0 Å². The van der Waals surface area contributed by atoms with Crippen molar-refractivity contribution in [3.63, 3.8) is 0 Å². The summed E-state index contributed by atoms with van der Waals surface area (Å²) in [4.78, 5) is 18.7. The summed E-state index contributed by atoms with van der Waals surface area (Å²) in [5.74, 6) is 1.04. The van der Waals surface area contributed by atoms with Crippen LogP contribution in [0.4, 0.5) is 5.69 Å². The summed E-state index contributed by atoms with van der Waals surface area (Å²) in [5, 5.41) is 10.5. The zero-order valence-electron chi connectivity index (χ0n) is 15.5. The maximum atomic E-state index is 12.5. The molecule has 1 aromatic heterocycles. The summed E-state index contributed by atoms with van der Waals surface area (Å²) in [5.41, 5.74) is 1.10. The van der Waals surface area contributed by atoms with Gasteiger partial charge >= 0.3 is 0 Å². The first kappa shape index (κ1) is 17.9. The third-order valence-corrected chi connectivity index (χ3v) is 5.49. The molecule has 2 aromatic rings. The van der Waals surface area contributed by atoms with Gasteiger partial charge in [-0.2, -0.15) is 0 Å². The van der Waals surface area contributed by atoms with E-state index in [0.717, 1.165) is 37.6 Å². The predicted molar refractivity (Wildman–Crippen MR) is 101 cm³/mol. The largest absolute Gasteiger partial charge is 0.495 e. The second-order valence-electron chi connectivity index (χ2n) is 7.02. The SMILES string of the molecule is COc1ccccc1N1CCN([C@H]2CN(C(=O)c3ccco3)C[C@@H]2O)CC1. The lowest BCUT2D eigenvalue weighted by Gasteiger charge is -2.40. The molecule has 3 heterocycles. The number of anilines is 1. The smallest absolute Gasteiger partial charge is 0.289 e. The van der Waals surface area contributed by atoms with Gasteiger partial charge in [-0.25, -0.2) is 0 Å². The zero-order valence-corrected chi connectivity index (χ0v) is 15.5. The summed E-state index contributed by atoms with van der Waals surface area (Å²) in [6, 6.07) is 11.4. The highest BCUT2D eigenvalue weighted by Crippen LogP contribution is 2.29. The summed E-state index contributed by atoms with van der Waals surface area (Å²) in [7, 11) is 1.69. The van der Waals surface area contributed by atoms with Crippen molar-refractivity contribution in [3.05, 3.63) is 48.4 Å². The molecular weight excluding hydrogens is 346 g/mol. The van der Waals surface area contributed by atoms with Crippen LogP contribution in [-0.2, 0) is 0 Å². The average molecular weight is 371 g/mol. The Kier molecular flexibility index (Phi) is 5.05. The molecule has 0 unspecified atom stereocenters. The second kappa shape index (κ2) is 7.62. The lowest BCUT2D eigenvalue weighted by molar-refractivity contribution is 0.0729. The number of carbonyl (C=O) groups excluding carboxylic acids is 1. The first-order chi connectivity index (χ1) is 13.2. The first-order valence-corrected chi connectivity index (χ1v) is 9.30. The number of para-hydroxylation sites is 2.